The minimum Gasteiger partial charge on any atom is -0.296 e. The largest absolute Gasteiger partial charge is 0.296 e. The maximum absolute atomic E-state index is 12.4. The van der Waals surface area contributed by atoms with Gasteiger partial charge in [0, 0.05) is 23.4 Å². The number of nitrogens with zero attached hydrogens (tertiary/aromatic N) is 2. The van der Waals surface area contributed by atoms with Gasteiger partial charge >= 0.3 is 0 Å². The zero-order valence-corrected chi connectivity index (χ0v) is 12.1. The van der Waals surface area contributed by atoms with Crippen molar-refractivity contribution in [2.24, 2.45) is 4.99 Å². The Balaban J connectivity index is 2.33. The van der Waals surface area contributed by atoms with Gasteiger partial charge in [-0.1, -0.05) is 37.8 Å². The molecular formula is C14H16N2OSi. The fraction of sp³-hybridized carbons (Fsp3) is 0.286. The van der Waals surface area contributed by atoms with Crippen LogP contribution in [-0.2, 0) is 4.79 Å². The Labute approximate surface area is 108 Å². The van der Waals surface area contributed by atoms with Crippen LogP contribution in [0.4, 0.5) is 5.69 Å². The van der Waals surface area contributed by atoms with Gasteiger partial charge in [0.2, 0.25) is 0 Å². The molecule has 0 radical (unpaired) electrons. The SMILES string of the molecule is CN1C(=O)C([Si](C)(C)C)=C2C1=Nc1ccccc12. The summed E-state index contributed by atoms with van der Waals surface area (Å²) in [6, 6.07) is 8.07. The summed E-state index contributed by atoms with van der Waals surface area (Å²) in [5, 5.41) is 1.01. The number of likely N-dealkylation sites (N-methyl/N-ethyl adjacent to an activating group) is 1. The number of carbonyl (C=O) groups is 1. The van der Waals surface area contributed by atoms with Crippen molar-refractivity contribution in [1.29, 1.82) is 0 Å². The average Bonchev–Trinajstić information content (AvgIpc) is 2.76. The maximum Gasteiger partial charge on any atom is 0.251 e. The summed E-state index contributed by atoms with van der Waals surface area (Å²) in [7, 11) is 0.144. The van der Waals surface area contributed by atoms with Crippen molar-refractivity contribution in [3.05, 3.63) is 35.0 Å². The molecule has 0 N–H and O–H groups in total. The first-order chi connectivity index (χ1) is 8.41. The second kappa shape index (κ2) is 3.42. The number of aliphatic imine (C=N–C) groups is 1. The van der Waals surface area contributed by atoms with Crippen LogP contribution < -0.4 is 0 Å². The molecule has 1 aromatic rings. The number of hydrogen-bond donors (Lipinski definition) is 0. The number of amidine groups is 1. The zero-order chi connectivity index (χ0) is 13.1. The first-order valence-corrected chi connectivity index (χ1v) is 9.62. The van der Waals surface area contributed by atoms with E-state index in [1.807, 2.05) is 25.2 Å². The number of benzene rings is 1. The van der Waals surface area contributed by atoms with Crippen LogP contribution in [0.1, 0.15) is 5.56 Å². The second-order valence-corrected chi connectivity index (χ2v) is 10.8. The molecule has 0 unspecified atom stereocenters. The Morgan fingerprint density at radius 3 is 2.50 bits per heavy atom. The van der Waals surface area contributed by atoms with Gasteiger partial charge in [-0.15, -0.1) is 0 Å². The molecule has 92 valence electrons. The van der Waals surface area contributed by atoms with Crippen molar-refractivity contribution in [2.75, 3.05) is 7.05 Å². The van der Waals surface area contributed by atoms with Crippen LogP contribution in [0.2, 0.25) is 19.6 Å². The standard InChI is InChI=1S/C14H16N2OSi/c1-16-13-11(12(14(16)17)18(2,3)4)9-7-5-6-8-10(9)15-13/h5-8H,1-4H3. The van der Waals surface area contributed by atoms with E-state index in [4.69, 9.17) is 0 Å². The number of amides is 1. The zero-order valence-electron chi connectivity index (χ0n) is 11.1. The molecule has 2 aliphatic rings. The van der Waals surface area contributed by atoms with E-state index in [9.17, 15) is 4.79 Å². The third kappa shape index (κ3) is 1.35. The Morgan fingerprint density at radius 2 is 1.83 bits per heavy atom. The highest BCUT2D eigenvalue weighted by Crippen LogP contribution is 2.43. The lowest BCUT2D eigenvalue weighted by atomic mass is 10.1. The molecule has 0 spiro atoms. The lowest BCUT2D eigenvalue weighted by Gasteiger charge is -2.18. The molecule has 0 saturated carbocycles. The van der Waals surface area contributed by atoms with Gasteiger partial charge in [0.1, 0.15) is 5.84 Å². The molecule has 1 aromatic carbocycles. The van der Waals surface area contributed by atoms with E-state index in [2.05, 4.69) is 30.7 Å². The molecule has 3 nitrogen and oxygen atoms in total. The molecule has 2 heterocycles. The highest BCUT2D eigenvalue weighted by molar-refractivity contribution is 6.90. The van der Waals surface area contributed by atoms with Crippen LogP contribution in [-0.4, -0.2) is 31.8 Å². The van der Waals surface area contributed by atoms with Crippen molar-refractivity contribution in [1.82, 2.24) is 4.90 Å². The third-order valence-electron chi connectivity index (χ3n) is 3.46. The van der Waals surface area contributed by atoms with Gasteiger partial charge in [0.15, 0.2) is 0 Å². The molecular weight excluding hydrogens is 240 g/mol. The number of rotatable bonds is 1. The van der Waals surface area contributed by atoms with Crippen molar-refractivity contribution >= 4 is 31.1 Å². The summed E-state index contributed by atoms with van der Waals surface area (Å²) in [4.78, 5) is 18.7. The molecule has 18 heavy (non-hydrogen) atoms. The summed E-state index contributed by atoms with van der Waals surface area (Å²) >= 11 is 0. The minimum absolute atomic E-state index is 0.136. The molecule has 0 saturated heterocycles. The van der Waals surface area contributed by atoms with Gasteiger partial charge in [-0.05, 0) is 6.07 Å². The smallest absolute Gasteiger partial charge is 0.251 e. The van der Waals surface area contributed by atoms with Gasteiger partial charge < -0.3 is 0 Å². The Kier molecular flexibility index (Phi) is 2.17. The monoisotopic (exact) mass is 256 g/mol. The minimum atomic E-state index is -1.68. The van der Waals surface area contributed by atoms with Gasteiger partial charge in [0.25, 0.3) is 5.91 Å². The van der Waals surface area contributed by atoms with Gasteiger partial charge in [-0.25, -0.2) is 4.99 Å². The Hall–Kier alpha value is -1.68. The fourth-order valence-electron chi connectivity index (χ4n) is 2.63. The number of fused-ring (bicyclic) bond motifs is 3. The van der Waals surface area contributed by atoms with Gasteiger partial charge in [0.05, 0.1) is 13.8 Å². The molecule has 1 amide bonds. The van der Waals surface area contributed by atoms with Crippen molar-refractivity contribution in [3.8, 4) is 0 Å². The summed E-state index contributed by atoms with van der Waals surface area (Å²) in [6.45, 7) is 6.64. The molecule has 4 heteroatoms. The van der Waals surface area contributed by atoms with Crippen LogP contribution in [0.3, 0.4) is 0 Å². The number of carbonyl (C=O) groups excluding carboxylic acids is 1. The third-order valence-corrected chi connectivity index (χ3v) is 5.42. The second-order valence-electron chi connectivity index (χ2n) is 5.82. The van der Waals surface area contributed by atoms with Crippen LogP contribution in [0.5, 0.6) is 0 Å². The number of para-hydroxylation sites is 1. The van der Waals surface area contributed by atoms with E-state index in [1.165, 1.54) is 0 Å². The van der Waals surface area contributed by atoms with Crippen molar-refractivity contribution < 1.29 is 4.79 Å². The molecule has 0 bridgehead atoms. The van der Waals surface area contributed by atoms with Gasteiger partial charge in [-0.3, -0.25) is 9.69 Å². The summed E-state index contributed by atoms with van der Waals surface area (Å²) in [5.41, 5.74) is 3.18. The van der Waals surface area contributed by atoms with E-state index in [0.717, 1.165) is 27.9 Å². The average molecular weight is 256 g/mol. The quantitative estimate of drug-likeness (QED) is 0.711. The Bertz CT molecular complexity index is 623. The Morgan fingerprint density at radius 1 is 1.17 bits per heavy atom. The van der Waals surface area contributed by atoms with E-state index in [1.54, 1.807) is 4.90 Å². The predicted molar refractivity (Wildman–Crippen MR) is 76.6 cm³/mol. The molecule has 2 aliphatic heterocycles. The first kappa shape index (κ1) is 11.4. The van der Waals surface area contributed by atoms with Crippen LogP contribution in [0.15, 0.2) is 34.5 Å². The summed E-state index contributed by atoms with van der Waals surface area (Å²) in [6.07, 6.45) is 0. The summed E-state index contributed by atoms with van der Waals surface area (Å²) < 4.78 is 0. The van der Waals surface area contributed by atoms with Crippen molar-refractivity contribution in [3.63, 3.8) is 0 Å². The van der Waals surface area contributed by atoms with Crippen LogP contribution >= 0.6 is 0 Å². The van der Waals surface area contributed by atoms with E-state index >= 15 is 0 Å². The van der Waals surface area contributed by atoms with Gasteiger partial charge in [-0.2, -0.15) is 0 Å². The lowest BCUT2D eigenvalue weighted by molar-refractivity contribution is -0.121. The molecule has 0 aliphatic carbocycles. The highest BCUT2D eigenvalue weighted by Gasteiger charge is 2.43. The fourth-order valence-corrected chi connectivity index (χ4v) is 4.43. The molecule has 0 atom stereocenters. The van der Waals surface area contributed by atoms with E-state index in [-0.39, 0.29) is 5.91 Å². The normalized spacial score (nSPS) is 18.1. The predicted octanol–water partition coefficient (Wildman–Crippen LogP) is 2.83. The van der Waals surface area contributed by atoms with E-state index < -0.39 is 8.07 Å². The molecule has 0 fully saturated rings. The van der Waals surface area contributed by atoms with Crippen LogP contribution in [0, 0.1) is 0 Å². The van der Waals surface area contributed by atoms with Crippen LogP contribution in [0.25, 0.3) is 5.57 Å². The van der Waals surface area contributed by atoms with Crippen molar-refractivity contribution in [2.45, 2.75) is 19.6 Å². The maximum atomic E-state index is 12.4. The molecule has 3 rings (SSSR count). The number of hydrogen-bond acceptors (Lipinski definition) is 2. The lowest BCUT2D eigenvalue weighted by Crippen LogP contribution is -2.34. The molecule has 0 aromatic heterocycles. The first-order valence-electron chi connectivity index (χ1n) is 6.12. The summed E-state index contributed by atoms with van der Waals surface area (Å²) in [5.74, 6) is 0.969. The highest BCUT2D eigenvalue weighted by atomic mass is 28.3. The topological polar surface area (TPSA) is 32.7 Å². The van der Waals surface area contributed by atoms with E-state index in [0.29, 0.717) is 0 Å².